The van der Waals surface area contributed by atoms with Crippen molar-refractivity contribution >= 4 is 81.5 Å². The van der Waals surface area contributed by atoms with Gasteiger partial charge in [-0.25, -0.2) is 4.98 Å². The third-order valence-electron chi connectivity index (χ3n) is 11.5. The number of fused-ring (bicyclic) bond motifs is 12. The Bertz CT molecular complexity index is 3480. The fourth-order valence-corrected chi connectivity index (χ4v) is 9.02. The van der Waals surface area contributed by atoms with Crippen molar-refractivity contribution in [3.05, 3.63) is 182 Å². The van der Waals surface area contributed by atoms with E-state index in [4.69, 9.17) is 15.0 Å². The van der Waals surface area contributed by atoms with E-state index in [0.29, 0.717) is 17.6 Å². The minimum Gasteiger partial charge on any atom is -0.307 e. The molecule has 262 valence electrons. The van der Waals surface area contributed by atoms with Gasteiger partial charge >= 0.3 is 0 Å². The second-order valence-corrected chi connectivity index (χ2v) is 14.7. The van der Waals surface area contributed by atoms with E-state index in [0.717, 1.165) is 57.1 Å². The summed E-state index contributed by atoms with van der Waals surface area (Å²) in [4.78, 5) is 15.8. The molecule has 0 saturated heterocycles. The third kappa shape index (κ3) is 4.58. The lowest BCUT2D eigenvalue weighted by Crippen LogP contribution is -2.09. The molecule has 5 heteroatoms. The lowest BCUT2D eigenvalue weighted by atomic mass is 10.0. The van der Waals surface area contributed by atoms with E-state index in [9.17, 15) is 0 Å². The molecular weight excluding hydrogens is 683 g/mol. The molecule has 0 radical (unpaired) electrons. The maximum Gasteiger partial charge on any atom is 0.238 e. The highest BCUT2D eigenvalue weighted by Gasteiger charge is 2.25. The minimum absolute atomic E-state index is 0.594. The second-order valence-electron chi connectivity index (χ2n) is 14.7. The van der Waals surface area contributed by atoms with Gasteiger partial charge in [0, 0.05) is 38.4 Å². The van der Waals surface area contributed by atoms with E-state index in [-0.39, 0.29) is 0 Å². The fraction of sp³-hybridized carbons (Fsp3) is 0.0392. The molecule has 8 aromatic carbocycles. The molecule has 3 aromatic heterocycles. The van der Waals surface area contributed by atoms with Crippen LogP contribution in [0.4, 0.5) is 0 Å². The molecule has 0 atom stereocenters. The van der Waals surface area contributed by atoms with E-state index in [1.165, 1.54) is 48.5 Å². The predicted molar refractivity (Wildman–Crippen MR) is 233 cm³/mol. The van der Waals surface area contributed by atoms with Gasteiger partial charge in [0.15, 0.2) is 11.6 Å². The first-order valence-corrected chi connectivity index (χ1v) is 19.3. The summed E-state index contributed by atoms with van der Waals surface area (Å²) in [6.07, 6.45) is 8.57. The zero-order valence-corrected chi connectivity index (χ0v) is 30.4. The zero-order chi connectivity index (χ0) is 36.7. The summed E-state index contributed by atoms with van der Waals surface area (Å²) in [7, 11) is 0. The highest BCUT2D eigenvalue weighted by atomic mass is 15.2. The Morgan fingerprint density at radius 3 is 1.71 bits per heavy atom. The normalized spacial score (nSPS) is 13.2. The SMILES string of the molecule is C1=CC(c2nc(-c3ccccc3)nc(-n3c4ccc5ccccc5c4c4ccc5c6c7ccccc7ccc6n(-c6ccc7ccccc7c6)c5c43)n2)=CCC1. The predicted octanol–water partition coefficient (Wildman–Crippen LogP) is 12.9. The summed E-state index contributed by atoms with van der Waals surface area (Å²) in [5.74, 6) is 1.92. The molecule has 5 nitrogen and oxygen atoms in total. The van der Waals surface area contributed by atoms with Crippen LogP contribution < -0.4 is 0 Å². The summed E-state index contributed by atoms with van der Waals surface area (Å²) >= 11 is 0. The molecule has 56 heavy (non-hydrogen) atoms. The van der Waals surface area contributed by atoms with Gasteiger partial charge in [-0.05, 0) is 69.4 Å². The molecule has 1 aliphatic rings. The molecular formula is C51H33N5. The Kier molecular flexibility index (Phi) is 6.69. The van der Waals surface area contributed by atoms with Crippen LogP contribution in [0.3, 0.4) is 0 Å². The van der Waals surface area contributed by atoms with Gasteiger partial charge in [-0.15, -0.1) is 0 Å². The lowest BCUT2D eigenvalue weighted by molar-refractivity contribution is 0.928. The van der Waals surface area contributed by atoms with Crippen LogP contribution >= 0.6 is 0 Å². The van der Waals surface area contributed by atoms with Crippen LogP contribution in [0.1, 0.15) is 18.7 Å². The number of hydrogen-bond acceptors (Lipinski definition) is 3. The Balaban J connectivity index is 1.31. The van der Waals surface area contributed by atoms with Crippen molar-refractivity contribution in [2.45, 2.75) is 12.8 Å². The number of benzene rings is 8. The van der Waals surface area contributed by atoms with Gasteiger partial charge in [-0.3, -0.25) is 4.57 Å². The maximum absolute atomic E-state index is 5.37. The molecule has 0 spiro atoms. The summed E-state index contributed by atoms with van der Waals surface area (Å²) in [6, 6.07) is 56.8. The first-order chi connectivity index (χ1) is 27.8. The van der Waals surface area contributed by atoms with Crippen LogP contribution in [-0.2, 0) is 0 Å². The molecule has 0 aliphatic heterocycles. The first-order valence-electron chi connectivity index (χ1n) is 19.3. The second kappa shape index (κ2) is 12.1. The highest BCUT2D eigenvalue weighted by molar-refractivity contribution is 6.31. The average molecular weight is 716 g/mol. The van der Waals surface area contributed by atoms with Gasteiger partial charge in [0.1, 0.15) is 0 Å². The Labute approximate surface area is 322 Å². The molecule has 0 saturated carbocycles. The quantitative estimate of drug-likeness (QED) is 0.182. The third-order valence-corrected chi connectivity index (χ3v) is 11.5. The lowest BCUT2D eigenvalue weighted by Gasteiger charge is -2.14. The Morgan fingerprint density at radius 2 is 1.02 bits per heavy atom. The summed E-state index contributed by atoms with van der Waals surface area (Å²) in [5, 5.41) is 12.0. The van der Waals surface area contributed by atoms with E-state index < -0.39 is 0 Å². The van der Waals surface area contributed by atoms with Crippen molar-refractivity contribution in [1.82, 2.24) is 24.1 Å². The zero-order valence-electron chi connectivity index (χ0n) is 30.4. The fourth-order valence-electron chi connectivity index (χ4n) is 9.02. The number of aromatic nitrogens is 5. The van der Waals surface area contributed by atoms with Gasteiger partial charge in [0.05, 0.1) is 22.1 Å². The standard InChI is InChI=1S/C51H33N5/c1-3-16-35(17-4-1)49-52-50(36-18-5-2-6-19-36)54-51(53-49)56-44-30-25-34-15-10-12-22-40(34)46(44)42-28-27-41-45-39-21-11-9-14-33(39)24-29-43(45)55(47(41)48(42)56)38-26-23-32-13-7-8-20-37(32)31-38/h1,3-5,7-31H,2,6H2. The number of rotatable bonds is 4. The molecule has 0 amide bonds. The number of allylic oxidation sites excluding steroid dienone is 4. The van der Waals surface area contributed by atoms with Gasteiger partial charge in [0.25, 0.3) is 0 Å². The van der Waals surface area contributed by atoms with Crippen molar-refractivity contribution < 1.29 is 0 Å². The molecule has 12 rings (SSSR count). The van der Waals surface area contributed by atoms with E-state index >= 15 is 0 Å². The van der Waals surface area contributed by atoms with Crippen molar-refractivity contribution in [2.75, 3.05) is 0 Å². The number of nitrogens with zero attached hydrogens (tertiary/aromatic N) is 5. The first kappa shape index (κ1) is 31.0. The molecule has 0 bridgehead atoms. The van der Waals surface area contributed by atoms with Gasteiger partial charge in [0.2, 0.25) is 5.95 Å². The molecule has 0 unspecified atom stereocenters. The number of hydrogen-bond donors (Lipinski definition) is 0. The highest BCUT2D eigenvalue weighted by Crippen LogP contribution is 2.45. The molecule has 3 heterocycles. The van der Waals surface area contributed by atoms with E-state index in [2.05, 4.69) is 167 Å². The van der Waals surface area contributed by atoms with Crippen LogP contribution in [0, 0.1) is 0 Å². The van der Waals surface area contributed by atoms with Crippen LogP contribution in [0.2, 0.25) is 0 Å². The van der Waals surface area contributed by atoms with Gasteiger partial charge in [-0.1, -0.05) is 152 Å². The van der Waals surface area contributed by atoms with E-state index in [1.807, 2.05) is 18.2 Å². The van der Waals surface area contributed by atoms with Crippen molar-refractivity contribution in [3.63, 3.8) is 0 Å². The molecule has 1 aliphatic carbocycles. The maximum atomic E-state index is 5.37. The monoisotopic (exact) mass is 715 g/mol. The van der Waals surface area contributed by atoms with E-state index in [1.54, 1.807) is 0 Å². The van der Waals surface area contributed by atoms with Gasteiger partial charge in [-0.2, -0.15) is 9.97 Å². The molecule has 0 fully saturated rings. The van der Waals surface area contributed by atoms with Crippen LogP contribution in [0.25, 0.3) is 105 Å². The van der Waals surface area contributed by atoms with Crippen LogP contribution in [0.15, 0.2) is 176 Å². The van der Waals surface area contributed by atoms with Crippen LogP contribution in [0.5, 0.6) is 0 Å². The largest absolute Gasteiger partial charge is 0.307 e. The van der Waals surface area contributed by atoms with Gasteiger partial charge < -0.3 is 4.57 Å². The summed E-state index contributed by atoms with van der Waals surface area (Å²) in [6.45, 7) is 0. The minimum atomic E-state index is 0.594. The smallest absolute Gasteiger partial charge is 0.238 e. The average Bonchev–Trinajstić information content (AvgIpc) is 3.80. The van der Waals surface area contributed by atoms with Crippen molar-refractivity contribution in [2.24, 2.45) is 0 Å². The van der Waals surface area contributed by atoms with Crippen molar-refractivity contribution in [1.29, 1.82) is 0 Å². The van der Waals surface area contributed by atoms with Crippen molar-refractivity contribution in [3.8, 4) is 23.0 Å². The molecule has 11 aromatic rings. The summed E-state index contributed by atoms with van der Waals surface area (Å²) < 4.78 is 4.78. The Hall–Kier alpha value is -7.37. The Morgan fingerprint density at radius 1 is 0.429 bits per heavy atom. The van der Waals surface area contributed by atoms with Crippen LogP contribution in [-0.4, -0.2) is 24.1 Å². The summed E-state index contributed by atoms with van der Waals surface area (Å²) in [5.41, 5.74) is 7.46. The molecule has 0 N–H and O–H groups in total. The topological polar surface area (TPSA) is 48.5 Å².